The second kappa shape index (κ2) is 7.14. The molecule has 1 unspecified atom stereocenters. The fraction of sp³-hybridized carbons (Fsp3) is 0.235. The zero-order valence-corrected chi connectivity index (χ0v) is 12.1. The standard InChI is InChI=1S/C17H17NO3/c1-5-12-17(3,16(20)21-4)18(13-6-2)15(19)14-10-8-7-9-11-14/h2,7-12H,1,13H2,3-4H3. The number of ether oxygens (including phenoxy) is 1. The number of carbonyl (C=O) groups is 2. The van der Waals surface area contributed by atoms with E-state index in [-0.39, 0.29) is 12.5 Å². The third-order valence-corrected chi connectivity index (χ3v) is 3.06. The van der Waals surface area contributed by atoms with Crippen LogP contribution >= 0.6 is 0 Å². The smallest absolute Gasteiger partial charge is 0.336 e. The molecule has 4 heteroatoms. The number of terminal acetylenes is 1. The fourth-order valence-corrected chi connectivity index (χ4v) is 1.93. The van der Waals surface area contributed by atoms with Gasteiger partial charge in [-0.15, -0.1) is 12.2 Å². The first kappa shape index (κ1) is 16.3. The van der Waals surface area contributed by atoms with E-state index in [4.69, 9.17) is 11.2 Å². The molecule has 0 saturated carbocycles. The summed E-state index contributed by atoms with van der Waals surface area (Å²) in [5, 5.41) is 0. The fourth-order valence-electron chi connectivity index (χ4n) is 1.93. The predicted molar refractivity (Wildman–Crippen MR) is 80.4 cm³/mol. The van der Waals surface area contributed by atoms with Crippen LogP contribution in [0.3, 0.4) is 0 Å². The summed E-state index contributed by atoms with van der Waals surface area (Å²) in [7, 11) is 1.25. The van der Waals surface area contributed by atoms with Gasteiger partial charge < -0.3 is 9.64 Å². The van der Waals surface area contributed by atoms with E-state index in [9.17, 15) is 9.59 Å². The van der Waals surface area contributed by atoms with Crippen LogP contribution in [0, 0.1) is 12.3 Å². The zero-order valence-electron chi connectivity index (χ0n) is 12.1. The van der Waals surface area contributed by atoms with Gasteiger partial charge in [-0.25, -0.2) is 4.79 Å². The van der Waals surface area contributed by atoms with Crippen molar-refractivity contribution < 1.29 is 14.3 Å². The molecule has 0 spiro atoms. The maximum atomic E-state index is 12.6. The highest BCUT2D eigenvalue weighted by molar-refractivity contribution is 5.99. The van der Waals surface area contributed by atoms with Crippen LogP contribution in [-0.2, 0) is 9.53 Å². The lowest BCUT2D eigenvalue weighted by molar-refractivity contribution is -0.149. The summed E-state index contributed by atoms with van der Waals surface area (Å²) < 4.78 is 4.78. The number of esters is 1. The second-order valence-corrected chi connectivity index (χ2v) is 4.45. The average molecular weight is 283 g/mol. The first-order valence-electron chi connectivity index (χ1n) is 6.27. The van der Waals surface area contributed by atoms with Crippen LogP contribution in [0.15, 0.2) is 48.7 Å². The van der Waals surface area contributed by atoms with Crippen molar-refractivity contribution in [2.24, 2.45) is 0 Å². The van der Waals surface area contributed by atoms with Crippen molar-refractivity contribution in [1.82, 2.24) is 4.90 Å². The second-order valence-electron chi connectivity index (χ2n) is 4.45. The van der Waals surface area contributed by atoms with Crippen molar-refractivity contribution in [3.8, 4) is 12.3 Å². The van der Waals surface area contributed by atoms with Gasteiger partial charge in [0.1, 0.15) is 0 Å². The molecule has 4 nitrogen and oxygen atoms in total. The molecule has 0 bridgehead atoms. The minimum absolute atomic E-state index is 0.0441. The van der Waals surface area contributed by atoms with E-state index in [1.165, 1.54) is 25.0 Å². The Morgan fingerprint density at radius 1 is 1.43 bits per heavy atom. The molecule has 0 N–H and O–H groups in total. The Kier molecular flexibility index (Phi) is 5.54. The lowest BCUT2D eigenvalue weighted by atomic mass is 9.98. The zero-order chi connectivity index (χ0) is 15.9. The van der Waals surface area contributed by atoms with Gasteiger partial charge in [0.15, 0.2) is 5.54 Å². The Balaban J connectivity index is 3.33. The molecule has 108 valence electrons. The number of amides is 1. The highest BCUT2D eigenvalue weighted by Gasteiger charge is 2.41. The predicted octanol–water partition coefficient (Wildman–Crippen LogP) is 2.03. The first-order valence-corrected chi connectivity index (χ1v) is 6.27. The third-order valence-electron chi connectivity index (χ3n) is 3.06. The lowest BCUT2D eigenvalue weighted by Gasteiger charge is -2.35. The molecule has 0 aliphatic carbocycles. The van der Waals surface area contributed by atoms with Gasteiger partial charge >= 0.3 is 5.97 Å². The third kappa shape index (κ3) is 3.42. The highest BCUT2D eigenvalue weighted by Crippen LogP contribution is 2.21. The van der Waals surface area contributed by atoms with Gasteiger partial charge in [-0.2, -0.15) is 0 Å². The largest absolute Gasteiger partial charge is 0.467 e. The number of rotatable bonds is 5. The summed E-state index contributed by atoms with van der Waals surface area (Å²) in [5.74, 6) is 1.41. The van der Waals surface area contributed by atoms with E-state index in [1.54, 1.807) is 30.3 Å². The number of methoxy groups -OCH3 is 1. The molecule has 1 aromatic carbocycles. The van der Waals surface area contributed by atoms with Gasteiger partial charge in [-0.05, 0) is 25.1 Å². The monoisotopic (exact) mass is 283 g/mol. The van der Waals surface area contributed by atoms with Gasteiger partial charge in [0.2, 0.25) is 0 Å². The van der Waals surface area contributed by atoms with E-state index in [1.807, 2.05) is 0 Å². The number of nitrogens with zero attached hydrogens (tertiary/aromatic N) is 1. The highest BCUT2D eigenvalue weighted by atomic mass is 16.5. The van der Waals surface area contributed by atoms with E-state index in [0.717, 1.165) is 0 Å². The van der Waals surface area contributed by atoms with Gasteiger partial charge in [0.05, 0.1) is 13.7 Å². The van der Waals surface area contributed by atoms with Crippen molar-refractivity contribution in [2.45, 2.75) is 12.5 Å². The van der Waals surface area contributed by atoms with Gasteiger partial charge in [-0.3, -0.25) is 4.79 Å². The quantitative estimate of drug-likeness (QED) is 0.472. The van der Waals surface area contributed by atoms with Crippen molar-refractivity contribution in [1.29, 1.82) is 0 Å². The molecule has 0 fully saturated rings. The molecule has 21 heavy (non-hydrogen) atoms. The Labute approximate surface area is 124 Å². The number of hydrogen-bond donors (Lipinski definition) is 0. The molecule has 1 aromatic rings. The molecule has 1 amide bonds. The molecule has 0 radical (unpaired) electrons. The van der Waals surface area contributed by atoms with Crippen LogP contribution in [0.1, 0.15) is 17.3 Å². The summed E-state index contributed by atoms with van der Waals surface area (Å²) in [6.45, 7) is 4.95. The van der Waals surface area contributed by atoms with Crippen LogP contribution in [0.4, 0.5) is 0 Å². The molecular formula is C17H17NO3. The normalized spacial score (nSPS) is 12.2. The minimum Gasteiger partial charge on any atom is -0.467 e. The van der Waals surface area contributed by atoms with Crippen molar-refractivity contribution in [2.75, 3.05) is 13.7 Å². The Morgan fingerprint density at radius 2 is 2.05 bits per heavy atom. The van der Waals surface area contributed by atoms with Crippen LogP contribution in [0.5, 0.6) is 0 Å². The Hall–Kier alpha value is -2.76. The van der Waals surface area contributed by atoms with E-state index >= 15 is 0 Å². The van der Waals surface area contributed by atoms with Crippen LogP contribution in [0.25, 0.3) is 0 Å². The number of carbonyl (C=O) groups excluding carboxylic acids is 2. The summed E-state index contributed by atoms with van der Waals surface area (Å²) in [5.41, 5.74) is 1.60. The van der Waals surface area contributed by atoms with E-state index < -0.39 is 11.5 Å². The molecule has 0 heterocycles. The van der Waals surface area contributed by atoms with Gasteiger partial charge in [0.25, 0.3) is 5.91 Å². The van der Waals surface area contributed by atoms with Gasteiger partial charge in [-0.1, -0.05) is 30.7 Å². The van der Waals surface area contributed by atoms with Crippen molar-refractivity contribution in [3.05, 3.63) is 54.3 Å². The first-order chi connectivity index (χ1) is 10.0. The lowest BCUT2D eigenvalue weighted by Crippen LogP contribution is -2.54. The summed E-state index contributed by atoms with van der Waals surface area (Å²) in [6, 6.07) is 8.58. The summed E-state index contributed by atoms with van der Waals surface area (Å²) >= 11 is 0. The Morgan fingerprint density at radius 3 is 2.52 bits per heavy atom. The topological polar surface area (TPSA) is 46.6 Å². The van der Waals surface area contributed by atoms with Gasteiger partial charge in [0, 0.05) is 5.56 Å². The van der Waals surface area contributed by atoms with Crippen molar-refractivity contribution in [3.63, 3.8) is 0 Å². The van der Waals surface area contributed by atoms with Crippen LogP contribution in [0.2, 0.25) is 0 Å². The minimum atomic E-state index is -1.37. The molecule has 0 aromatic heterocycles. The average Bonchev–Trinajstić information content (AvgIpc) is 2.52. The van der Waals surface area contributed by atoms with E-state index in [2.05, 4.69) is 18.2 Å². The molecule has 1 rings (SSSR count). The molecule has 0 aliphatic heterocycles. The summed E-state index contributed by atoms with van der Waals surface area (Å²) in [4.78, 5) is 26.0. The molecule has 0 aliphatic rings. The molecule has 1 atom stereocenters. The maximum absolute atomic E-state index is 12.6. The SMILES string of the molecule is C#CCN(C(=O)c1ccccc1)C(C)(C=C=C)C(=O)OC. The van der Waals surface area contributed by atoms with E-state index in [0.29, 0.717) is 5.56 Å². The van der Waals surface area contributed by atoms with Crippen molar-refractivity contribution >= 4 is 11.9 Å². The molecular weight excluding hydrogens is 266 g/mol. The molecule has 0 saturated heterocycles. The maximum Gasteiger partial charge on any atom is 0.336 e. The Bertz CT molecular complexity index is 609. The number of benzene rings is 1. The van der Waals surface area contributed by atoms with Crippen LogP contribution in [-0.4, -0.2) is 36.0 Å². The van der Waals surface area contributed by atoms with Crippen LogP contribution < -0.4 is 0 Å². The summed E-state index contributed by atoms with van der Waals surface area (Å²) in [6.07, 6.45) is 6.71. The number of hydrogen-bond acceptors (Lipinski definition) is 3.